The summed E-state index contributed by atoms with van der Waals surface area (Å²) in [6.45, 7) is 4.64. The Hall–Kier alpha value is -0.540. The van der Waals surface area contributed by atoms with Crippen molar-refractivity contribution in [1.82, 2.24) is 5.32 Å². The van der Waals surface area contributed by atoms with Gasteiger partial charge in [-0.05, 0) is 18.1 Å². The van der Waals surface area contributed by atoms with Gasteiger partial charge in [-0.1, -0.05) is 25.4 Å². The van der Waals surface area contributed by atoms with Crippen molar-refractivity contribution in [2.45, 2.75) is 26.8 Å². The molecule has 0 saturated heterocycles. The van der Waals surface area contributed by atoms with Gasteiger partial charge in [0.15, 0.2) is 0 Å². The van der Waals surface area contributed by atoms with Gasteiger partial charge in [0.1, 0.15) is 0 Å². The van der Waals surface area contributed by atoms with E-state index < -0.39 is 0 Å². The molecule has 0 aromatic carbocycles. The topological polar surface area (TPSA) is 29.1 Å². The summed E-state index contributed by atoms with van der Waals surface area (Å²) in [6, 6.07) is 3.78. The van der Waals surface area contributed by atoms with E-state index in [1.54, 1.807) is 0 Å². The van der Waals surface area contributed by atoms with Gasteiger partial charge in [-0.15, -0.1) is 11.3 Å². The zero-order valence-electron chi connectivity index (χ0n) is 8.34. The molecule has 1 heterocycles. The molecule has 1 amide bonds. The molecule has 0 aliphatic heterocycles. The van der Waals surface area contributed by atoms with Crippen LogP contribution < -0.4 is 5.32 Å². The lowest BCUT2D eigenvalue weighted by atomic mass is 10.1. The van der Waals surface area contributed by atoms with Gasteiger partial charge >= 0.3 is 0 Å². The van der Waals surface area contributed by atoms with Gasteiger partial charge in [0.05, 0.1) is 10.9 Å². The Labute approximate surface area is 93.3 Å². The van der Waals surface area contributed by atoms with E-state index in [1.807, 2.05) is 26.0 Å². The zero-order valence-corrected chi connectivity index (χ0v) is 9.91. The van der Waals surface area contributed by atoms with Gasteiger partial charge in [0.25, 0.3) is 0 Å². The average Bonchev–Trinajstić information content (AvgIpc) is 2.47. The molecule has 0 spiro atoms. The van der Waals surface area contributed by atoms with Crippen LogP contribution in [0.15, 0.2) is 12.1 Å². The highest BCUT2D eigenvalue weighted by atomic mass is 35.5. The molecule has 0 saturated carbocycles. The third-order valence-corrected chi connectivity index (χ3v) is 2.91. The van der Waals surface area contributed by atoms with E-state index in [-0.39, 0.29) is 5.91 Å². The Bertz CT molecular complexity index is 309. The van der Waals surface area contributed by atoms with Gasteiger partial charge in [-0.25, -0.2) is 0 Å². The first-order chi connectivity index (χ1) is 6.58. The SMILES string of the molecule is CC(C)CC(=O)NCc1ccc(Cl)s1. The number of amides is 1. The van der Waals surface area contributed by atoms with Crippen LogP contribution in [0.1, 0.15) is 25.1 Å². The minimum atomic E-state index is 0.101. The Morgan fingerprint density at radius 1 is 1.57 bits per heavy atom. The number of nitrogens with one attached hydrogen (secondary N) is 1. The maximum atomic E-state index is 11.3. The van der Waals surface area contributed by atoms with Gasteiger partial charge < -0.3 is 5.32 Å². The van der Waals surface area contributed by atoms with Crippen LogP contribution in [0.25, 0.3) is 0 Å². The summed E-state index contributed by atoms with van der Waals surface area (Å²) in [7, 11) is 0. The van der Waals surface area contributed by atoms with Crippen LogP contribution in [0, 0.1) is 5.92 Å². The molecular formula is C10H14ClNOS. The maximum Gasteiger partial charge on any atom is 0.220 e. The predicted octanol–water partition coefficient (Wildman–Crippen LogP) is 3.06. The lowest BCUT2D eigenvalue weighted by Crippen LogP contribution is -2.23. The summed E-state index contributed by atoms with van der Waals surface area (Å²) in [5.41, 5.74) is 0. The molecule has 0 radical (unpaired) electrons. The fourth-order valence-electron chi connectivity index (χ4n) is 1.08. The normalized spacial score (nSPS) is 10.6. The van der Waals surface area contributed by atoms with Crippen molar-refractivity contribution in [2.75, 3.05) is 0 Å². The van der Waals surface area contributed by atoms with Crippen LogP contribution in [0.2, 0.25) is 4.34 Å². The first kappa shape index (κ1) is 11.5. The minimum Gasteiger partial charge on any atom is -0.351 e. The first-order valence-electron chi connectivity index (χ1n) is 4.59. The molecule has 1 rings (SSSR count). The molecule has 78 valence electrons. The molecule has 1 aromatic rings. The smallest absolute Gasteiger partial charge is 0.220 e. The second-order valence-electron chi connectivity index (χ2n) is 3.58. The van der Waals surface area contributed by atoms with E-state index in [0.29, 0.717) is 18.9 Å². The average molecular weight is 232 g/mol. The number of carbonyl (C=O) groups is 1. The van der Waals surface area contributed by atoms with Crippen LogP contribution >= 0.6 is 22.9 Å². The van der Waals surface area contributed by atoms with Crippen molar-refractivity contribution in [2.24, 2.45) is 5.92 Å². The summed E-state index contributed by atoms with van der Waals surface area (Å²) >= 11 is 7.27. The molecule has 1 N–H and O–H groups in total. The first-order valence-corrected chi connectivity index (χ1v) is 5.78. The standard InChI is InChI=1S/C10H14ClNOS/c1-7(2)5-10(13)12-6-8-3-4-9(11)14-8/h3-4,7H,5-6H2,1-2H3,(H,12,13). The van der Waals surface area contributed by atoms with Gasteiger partial charge in [-0.3, -0.25) is 4.79 Å². The highest BCUT2D eigenvalue weighted by molar-refractivity contribution is 7.16. The summed E-state index contributed by atoms with van der Waals surface area (Å²) in [5, 5.41) is 2.86. The Kier molecular flexibility index (Phi) is 4.42. The van der Waals surface area contributed by atoms with Crippen molar-refractivity contribution in [3.63, 3.8) is 0 Å². The molecule has 0 unspecified atom stereocenters. The Balaban J connectivity index is 2.30. The molecule has 0 bridgehead atoms. The highest BCUT2D eigenvalue weighted by Crippen LogP contribution is 2.20. The van der Waals surface area contributed by atoms with Crippen molar-refractivity contribution < 1.29 is 4.79 Å². The molecule has 14 heavy (non-hydrogen) atoms. The number of halogens is 1. The van der Waals surface area contributed by atoms with Gasteiger partial charge in [-0.2, -0.15) is 0 Å². The summed E-state index contributed by atoms with van der Waals surface area (Å²) in [5.74, 6) is 0.506. The molecule has 0 fully saturated rings. The summed E-state index contributed by atoms with van der Waals surface area (Å²) in [4.78, 5) is 12.4. The van der Waals surface area contributed by atoms with Crippen molar-refractivity contribution in [3.8, 4) is 0 Å². The highest BCUT2D eigenvalue weighted by Gasteiger charge is 2.04. The molecule has 2 nitrogen and oxygen atoms in total. The van der Waals surface area contributed by atoms with Gasteiger partial charge in [0, 0.05) is 11.3 Å². The number of thiophene rings is 1. The van der Waals surface area contributed by atoms with E-state index in [4.69, 9.17) is 11.6 Å². The Morgan fingerprint density at radius 2 is 2.29 bits per heavy atom. The third-order valence-electron chi connectivity index (χ3n) is 1.68. The van der Waals surface area contributed by atoms with Crippen LogP contribution in [-0.2, 0) is 11.3 Å². The van der Waals surface area contributed by atoms with Crippen molar-refractivity contribution in [3.05, 3.63) is 21.3 Å². The van der Waals surface area contributed by atoms with Gasteiger partial charge in [0.2, 0.25) is 5.91 Å². The van der Waals surface area contributed by atoms with E-state index in [1.165, 1.54) is 11.3 Å². The fourth-order valence-corrected chi connectivity index (χ4v) is 2.10. The predicted molar refractivity (Wildman–Crippen MR) is 60.6 cm³/mol. The molecular weight excluding hydrogens is 218 g/mol. The van der Waals surface area contributed by atoms with Crippen LogP contribution in [-0.4, -0.2) is 5.91 Å². The third kappa shape index (κ3) is 4.11. The zero-order chi connectivity index (χ0) is 10.6. The van der Waals surface area contributed by atoms with E-state index in [9.17, 15) is 4.79 Å². The lowest BCUT2D eigenvalue weighted by molar-refractivity contribution is -0.121. The van der Waals surface area contributed by atoms with E-state index >= 15 is 0 Å². The maximum absolute atomic E-state index is 11.3. The van der Waals surface area contributed by atoms with E-state index in [0.717, 1.165) is 9.21 Å². The van der Waals surface area contributed by atoms with E-state index in [2.05, 4.69) is 5.32 Å². The number of carbonyl (C=O) groups excluding carboxylic acids is 1. The summed E-state index contributed by atoms with van der Waals surface area (Å²) < 4.78 is 0.762. The van der Waals surface area contributed by atoms with Crippen molar-refractivity contribution >= 4 is 28.8 Å². The molecule has 0 aliphatic rings. The quantitative estimate of drug-likeness (QED) is 0.848. The van der Waals surface area contributed by atoms with Crippen molar-refractivity contribution in [1.29, 1.82) is 0 Å². The largest absolute Gasteiger partial charge is 0.351 e. The minimum absolute atomic E-state index is 0.101. The second-order valence-corrected chi connectivity index (χ2v) is 5.38. The van der Waals surface area contributed by atoms with Crippen LogP contribution in [0.3, 0.4) is 0 Å². The lowest BCUT2D eigenvalue weighted by Gasteiger charge is -2.05. The number of rotatable bonds is 4. The van der Waals surface area contributed by atoms with Crippen LogP contribution in [0.5, 0.6) is 0 Å². The second kappa shape index (κ2) is 5.37. The molecule has 0 aliphatic carbocycles. The monoisotopic (exact) mass is 231 g/mol. The van der Waals surface area contributed by atoms with Crippen LogP contribution in [0.4, 0.5) is 0 Å². The summed E-state index contributed by atoms with van der Waals surface area (Å²) in [6.07, 6.45) is 0.582. The number of hydrogen-bond donors (Lipinski definition) is 1. The molecule has 1 aromatic heterocycles. The molecule has 4 heteroatoms. The fraction of sp³-hybridized carbons (Fsp3) is 0.500. The number of hydrogen-bond acceptors (Lipinski definition) is 2. The Morgan fingerprint density at radius 3 is 2.79 bits per heavy atom. The molecule has 0 atom stereocenters.